The topological polar surface area (TPSA) is 69.8 Å². The second kappa shape index (κ2) is 11.4. The van der Waals surface area contributed by atoms with Crippen molar-refractivity contribution in [3.05, 3.63) is 47.1 Å². The fourth-order valence-corrected chi connectivity index (χ4v) is 3.20. The molecule has 8 heteroatoms. The molecule has 28 heavy (non-hydrogen) atoms. The van der Waals surface area contributed by atoms with Crippen LogP contribution in [-0.2, 0) is 13.0 Å². The highest BCUT2D eigenvalue weighted by molar-refractivity contribution is 14.0. The molecule has 3 heterocycles. The van der Waals surface area contributed by atoms with Gasteiger partial charge in [-0.3, -0.25) is 14.9 Å². The number of aliphatic imine (C=N–C) groups is 1. The standard InChI is InChI=1S/C20H30N6O.HI/c1-4-21-20(22-8-7-18-6-5-16(2)23-14-18)26-11-9-25(10-12-26)15-19-13-17(3)27-24-19;/h5-6,13-14H,4,7-12,15H2,1-3H3,(H,21,22);1H. The lowest BCUT2D eigenvalue weighted by Crippen LogP contribution is -2.52. The van der Waals surface area contributed by atoms with Crippen molar-refractivity contribution in [1.82, 2.24) is 25.3 Å². The lowest BCUT2D eigenvalue weighted by atomic mass is 10.2. The number of rotatable bonds is 6. The molecule has 3 rings (SSSR count). The highest BCUT2D eigenvalue weighted by atomic mass is 127. The van der Waals surface area contributed by atoms with E-state index in [1.54, 1.807) is 0 Å². The van der Waals surface area contributed by atoms with Crippen molar-refractivity contribution in [3.8, 4) is 0 Å². The van der Waals surface area contributed by atoms with Crippen LogP contribution in [0.2, 0.25) is 0 Å². The number of aromatic nitrogens is 2. The van der Waals surface area contributed by atoms with E-state index in [2.05, 4.69) is 44.3 Å². The van der Waals surface area contributed by atoms with E-state index >= 15 is 0 Å². The molecular formula is C20H31IN6O. The number of nitrogens with one attached hydrogen (secondary N) is 1. The van der Waals surface area contributed by atoms with Gasteiger partial charge >= 0.3 is 0 Å². The predicted molar refractivity (Wildman–Crippen MR) is 122 cm³/mol. The molecule has 2 aromatic rings. The number of aryl methyl sites for hydroxylation is 2. The van der Waals surface area contributed by atoms with E-state index in [9.17, 15) is 0 Å². The van der Waals surface area contributed by atoms with E-state index in [0.29, 0.717) is 0 Å². The maximum absolute atomic E-state index is 5.16. The molecule has 2 aromatic heterocycles. The summed E-state index contributed by atoms with van der Waals surface area (Å²) in [6.07, 6.45) is 2.86. The van der Waals surface area contributed by atoms with E-state index in [0.717, 1.165) is 75.3 Å². The van der Waals surface area contributed by atoms with Gasteiger partial charge in [0.2, 0.25) is 0 Å². The zero-order valence-electron chi connectivity index (χ0n) is 17.0. The quantitative estimate of drug-likeness (QED) is 0.375. The van der Waals surface area contributed by atoms with E-state index in [1.807, 2.05) is 26.1 Å². The average Bonchev–Trinajstić information content (AvgIpc) is 3.08. The minimum absolute atomic E-state index is 0. The highest BCUT2D eigenvalue weighted by Gasteiger charge is 2.20. The van der Waals surface area contributed by atoms with Gasteiger partial charge in [0.05, 0.1) is 5.69 Å². The molecule has 0 spiro atoms. The molecule has 0 aliphatic carbocycles. The van der Waals surface area contributed by atoms with Crippen LogP contribution in [-0.4, -0.2) is 65.2 Å². The summed E-state index contributed by atoms with van der Waals surface area (Å²) in [5, 5.41) is 7.53. The van der Waals surface area contributed by atoms with Gasteiger partial charge in [-0.2, -0.15) is 0 Å². The number of pyridine rings is 1. The third-order valence-corrected chi connectivity index (χ3v) is 4.70. The second-order valence-corrected chi connectivity index (χ2v) is 6.99. The monoisotopic (exact) mass is 498 g/mol. The van der Waals surface area contributed by atoms with Crippen molar-refractivity contribution in [2.45, 2.75) is 33.7 Å². The molecule has 0 atom stereocenters. The third kappa shape index (κ3) is 6.73. The first-order valence-corrected chi connectivity index (χ1v) is 9.73. The Hall–Kier alpha value is -1.68. The van der Waals surface area contributed by atoms with E-state index in [4.69, 9.17) is 9.52 Å². The molecule has 1 fully saturated rings. The molecule has 154 valence electrons. The van der Waals surface area contributed by atoms with Crippen molar-refractivity contribution < 1.29 is 4.52 Å². The second-order valence-electron chi connectivity index (χ2n) is 6.99. The van der Waals surface area contributed by atoms with Crippen LogP contribution in [0.25, 0.3) is 0 Å². The van der Waals surface area contributed by atoms with E-state index in [1.165, 1.54) is 5.56 Å². The minimum atomic E-state index is 0. The summed E-state index contributed by atoms with van der Waals surface area (Å²) in [6.45, 7) is 12.5. The van der Waals surface area contributed by atoms with Crippen LogP contribution in [0.1, 0.15) is 29.6 Å². The lowest BCUT2D eigenvalue weighted by molar-refractivity contribution is 0.169. The van der Waals surface area contributed by atoms with Gasteiger partial charge in [0.25, 0.3) is 0 Å². The minimum Gasteiger partial charge on any atom is -0.361 e. The molecule has 0 saturated carbocycles. The van der Waals surface area contributed by atoms with Gasteiger partial charge in [-0.05, 0) is 38.8 Å². The molecule has 1 aliphatic heterocycles. The van der Waals surface area contributed by atoms with Crippen LogP contribution in [0.15, 0.2) is 33.9 Å². The van der Waals surface area contributed by atoms with Crippen molar-refractivity contribution in [2.75, 3.05) is 39.3 Å². The summed E-state index contributed by atoms with van der Waals surface area (Å²) in [7, 11) is 0. The van der Waals surface area contributed by atoms with Gasteiger partial charge in [0.1, 0.15) is 5.76 Å². The van der Waals surface area contributed by atoms with Crippen LogP contribution >= 0.6 is 24.0 Å². The summed E-state index contributed by atoms with van der Waals surface area (Å²) < 4.78 is 5.16. The van der Waals surface area contributed by atoms with Gasteiger partial charge in [-0.15, -0.1) is 24.0 Å². The summed E-state index contributed by atoms with van der Waals surface area (Å²) in [5.74, 6) is 1.88. The Morgan fingerprint density at radius 3 is 2.61 bits per heavy atom. The van der Waals surface area contributed by atoms with Crippen LogP contribution in [0.5, 0.6) is 0 Å². The number of hydrogen-bond acceptors (Lipinski definition) is 5. The SMILES string of the molecule is CCNC(=NCCc1ccc(C)nc1)N1CCN(Cc2cc(C)on2)CC1.I. The molecule has 1 saturated heterocycles. The maximum atomic E-state index is 5.16. The average molecular weight is 498 g/mol. The zero-order valence-corrected chi connectivity index (χ0v) is 19.3. The van der Waals surface area contributed by atoms with Gasteiger partial charge in [-0.1, -0.05) is 11.2 Å². The first-order chi connectivity index (χ1) is 13.1. The smallest absolute Gasteiger partial charge is 0.194 e. The number of hydrogen-bond donors (Lipinski definition) is 1. The number of halogens is 1. The van der Waals surface area contributed by atoms with Gasteiger partial charge in [-0.25, -0.2) is 0 Å². The van der Waals surface area contributed by atoms with Crippen LogP contribution < -0.4 is 5.32 Å². The largest absolute Gasteiger partial charge is 0.361 e. The fraction of sp³-hybridized carbons (Fsp3) is 0.550. The zero-order chi connectivity index (χ0) is 19.1. The Labute approximate surface area is 184 Å². The number of nitrogens with zero attached hydrogens (tertiary/aromatic N) is 5. The molecule has 7 nitrogen and oxygen atoms in total. The first kappa shape index (κ1) is 22.6. The Bertz CT molecular complexity index is 737. The molecule has 1 N–H and O–H groups in total. The molecule has 0 amide bonds. The molecule has 1 aliphatic rings. The summed E-state index contributed by atoms with van der Waals surface area (Å²) >= 11 is 0. The highest BCUT2D eigenvalue weighted by Crippen LogP contribution is 2.09. The van der Waals surface area contributed by atoms with Gasteiger partial charge < -0.3 is 14.7 Å². The Morgan fingerprint density at radius 1 is 1.21 bits per heavy atom. The predicted octanol–water partition coefficient (Wildman–Crippen LogP) is 2.63. The van der Waals surface area contributed by atoms with Crippen molar-refractivity contribution in [1.29, 1.82) is 0 Å². The fourth-order valence-electron chi connectivity index (χ4n) is 3.20. The molecule has 0 bridgehead atoms. The lowest BCUT2D eigenvalue weighted by Gasteiger charge is -2.36. The third-order valence-electron chi connectivity index (χ3n) is 4.70. The molecular weight excluding hydrogens is 467 g/mol. The van der Waals surface area contributed by atoms with Crippen LogP contribution in [0.3, 0.4) is 0 Å². The van der Waals surface area contributed by atoms with Crippen LogP contribution in [0.4, 0.5) is 0 Å². The van der Waals surface area contributed by atoms with Crippen LogP contribution in [0, 0.1) is 13.8 Å². The van der Waals surface area contributed by atoms with Crippen molar-refractivity contribution in [3.63, 3.8) is 0 Å². The summed E-state index contributed by atoms with van der Waals surface area (Å²) in [6, 6.07) is 6.20. The van der Waals surface area contributed by atoms with E-state index in [-0.39, 0.29) is 24.0 Å². The molecule has 0 unspecified atom stereocenters. The van der Waals surface area contributed by atoms with Gasteiger partial charge in [0.15, 0.2) is 5.96 Å². The summed E-state index contributed by atoms with van der Waals surface area (Å²) in [5.41, 5.74) is 3.29. The Kier molecular flexibility index (Phi) is 9.17. The van der Waals surface area contributed by atoms with Gasteiger partial charge in [0, 0.05) is 63.8 Å². The number of piperazine rings is 1. The summed E-state index contributed by atoms with van der Waals surface area (Å²) in [4.78, 5) is 13.9. The van der Waals surface area contributed by atoms with Crippen molar-refractivity contribution >= 4 is 29.9 Å². The molecule has 0 radical (unpaired) electrons. The Morgan fingerprint density at radius 2 is 2.00 bits per heavy atom. The number of guanidine groups is 1. The van der Waals surface area contributed by atoms with Crippen molar-refractivity contribution in [2.24, 2.45) is 4.99 Å². The Balaban J connectivity index is 0.00000280. The normalized spacial score (nSPS) is 15.4. The van der Waals surface area contributed by atoms with E-state index < -0.39 is 0 Å². The molecule has 0 aromatic carbocycles. The maximum Gasteiger partial charge on any atom is 0.194 e. The first-order valence-electron chi connectivity index (χ1n) is 9.73.